The molecule has 0 aliphatic rings. The summed E-state index contributed by atoms with van der Waals surface area (Å²) in [6.07, 6.45) is 2.00. The number of sulfonamides is 1. The molecular formula is C14H15ClN2O2S2. The topological polar surface area (TPSA) is 59.1 Å². The number of nitrogens with one attached hydrogen (secondary N) is 1. The van der Waals surface area contributed by atoms with Gasteiger partial charge < -0.3 is 0 Å². The zero-order chi connectivity index (χ0) is 15.1. The van der Waals surface area contributed by atoms with E-state index in [0.29, 0.717) is 6.54 Å². The summed E-state index contributed by atoms with van der Waals surface area (Å²) in [5.74, 6) is 0.853. The van der Waals surface area contributed by atoms with E-state index < -0.39 is 10.0 Å². The maximum absolute atomic E-state index is 12.0. The van der Waals surface area contributed by atoms with Crippen molar-refractivity contribution in [3.05, 3.63) is 53.8 Å². The first-order valence-corrected chi connectivity index (χ1v) is 9.22. The number of halogens is 1. The minimum absolute atomic E-state index is 0.127. The maximum Gasteiger partial charge on any atom is 0.242 e. The number of hydrogen-bond acceptors (Lipinski definition) is 4. The molecule has 0 saturated heterocycles. The fraction of sp³-hybridized carbons (Fsp3) is 0.214. The molecule has 0 unspecified atom stereocenters. The third-order valence-corrected chi connectivity index (χ3v) is 5.40. The highest BCUT2D eigenvalue weighted by Crippen LogP contribution is 2.17. The van der Waals surface area contributed by atoms with Crippen LogP contribution in [0.4, 0.5) is 0 Å². The van der Waals surface area contributed by atoms with Crippen LogP contribution in [0.3, 0.4) is 0 Å². The molecule has 0 bridgehead atoms. The molecule has 1 N–H and O–H groups in total. The molecule has 0 atom stereocenters. The molecule has 2 rings (SSSR count). The van der Waals surface area contributed by atoms with Crippen LogP contribution in [0.25, 0.3) is 0 Å². The summed E-state index contributed by atoms with van der Waals surface area (Å²) in [6, 6.07) is 12.9. The van der Waals surface area contributed by atoms with Crippen LogP contribution < -0.4 is 4.72 Å². The van der Waals surface area contributed by atoms with Gasteiger partial charge in [-0.3, -0.25) is 0 Å². The fourth-order valence-corrected chi connectivity index (χ4v) is 3.59. The van der Waals surface area contributed by atoms with E-state index in [1.807, 2.05) is 30.3 Å². The van der Waals surface area contributed by atoms with Crippen molar-refractivity contribution >= 4 is 33.4 Å². The summed E-state index contributed by atoms with van der Waals surface area (Å²) in [5.41, 5.74) is 0. The molecule has 112 valence electrons. The van der Waals surface area contributed by atoms with Gasteiger partial charge in [0.25, 0.3) is 0 Å². The summed E-state index contributed by atoms with van der Waals surface area (Å²) in [5, 5.41) is 0.271. The Morgan fingerprint density at radius 2 is 1.90 bits per heavy atom. The molecule has 1 heterocycles. The lowest BCUT2D eigenvalue weighted by atomic mass is 10.4. The lowest BCUT2D eigenvalue weighted by Crippen LogP contribution is -2.25. The van der Waals surface area contributed by atoms with Gasteiger partial charge in [0.2, 0.25) is 10.0 Å². The Kier molecular flexibility index (Phi) is 6.05. The highest BCUT2D eigenvalue weighted by atomic mass is 35.5. The summed E-state index contributed by atoms with van der Waals surface area (Å²) >= 11 is 7.34. The van der Waals surface area contributed by atoms with E-state index in [0.717, 1.165) is 12.2 Å². The Bertz CT molecular complexity index is 661. The first kappa shape index (κ1) is 16.3. The largest absolute Gasteiger partial charge is 0.243 e. The van der Waals surface area contributed by atoms with Crippen molar-refractivity contribution in [1.82, 2.24) is 9.71 Å². The number of hydrogen-bond donors (Lipinski definition) is 1. The Hall–Kier alpha value is -1.08. The van der Waals surface area contributed by atoms with Gasteiger partial charge in [-0.25, -0.2) is 18.1 Å². The average Bonchev–Trinajstić information content (AvgIpc) is 2.48. The molecule has 0 spiro atoms. The third-order valence-electron chi connectivity index (χ3n) is 2.64. The fourth-order valence-electron chi connectivity index (χ4n) is 1.59. The van der Waals surface area contributed by atoms with Crippen LogP contribution in [0.15, 0.2) is 58.5 Å². The van der Waals surface area contributed by atoms with Crippen LogP contribution in [-0.4, -0.2) is 25.7 Å². The molecule has 1 aromatic carbocycles. The van der Waals surface area contributed by atoms with Crippen LogP contribution in [0.1, 0.15) is 6.42 Å². The predicted octanol–water partition coefficient (Wildman–Crippen LogP) is 3.20. The van der Waals surface area contributed by atoms with E-state index >= 15 is 0 Å². The molecule has 0 amide bonds. The van der Waals surface area contributed by atoms with E-state index in [-0.39, 0.29) is 10.0 Å². The summed E-state index contributed by atoms with van der Waals surface area (Å²) in [6.45, 7) is 0.394. The van der Waals surface area contributed by atoms with Crippen molar-refractivity contribution in [2.75, 3.05) is 12.3 Å². The molecule has 0 aliphatic heterocycles. The Labute approximate surface area is 134 Å². The molecule has 0 saturated carbocycles. The normalized spacial score (nSPS) is 11.5. The highest BCUT2D eigenvalue weighted by Gasteiger charge is 2.13. The van der Waals surface area contributed by atoms with Crippen LogP contribution in [0.2, 0.25) is 5.15 Å². The zero-order valence-electron chi connectivity index (χ0n) is 11.2. The number of benzene rings is 1. The molecule has 2 aromatic rings. The van der Waals surface area contributed by atoms with Gasteiger partial charge in [0.05, 0.1) is 0 Å². The standard InChI is InChI=1S/C14H15ClN2O2S2/c15-14-8-7-13(11-16-14)21(18,19)17-9-4-10-20-12-5-2-1-3-6-12/h1-3,5-8,11,17H,4,9-10H2. The van der Waals surface area contributed by atoms with Crippen molar-refractivity contribution in [1.29, 1.82) is 0 Å². The molecule has 7 heteroatoms. The molecular weight excluding hydrogens is 328 g/mol. The molecule has 0 fully saturated rings. The van der Waals surface area contributed by atoms with Gasteiger partial charge in [0.15, 0.2) is 0 Å². The van der Waals surface area contributed by atoms with Crippen molar-refractivity contribution in [3.8, 4) is 0 Å². The number of pyridine rings is 1. The van der Waals surface area contributed by atoms with Gasteiger partial charge in [-0.05, 0) is 36.4 Å². The van der Waals surface area contributed by atoms with Gasteiger partial charge in [-0.1, -0.05) is 29.8 Å². The van der Waals surface area contributed by atoms with Gasteiger partial charge in [-0.2, -0.15) is 0 Å². The van der Waals surface area contributed by atoms with E-state index in [1.54, 1.807) is 11.8 Å². The van der Waals surface area contributed by atoms with E-state index in [9.17, 15) is 8.42 Å². The summed E-state index contributed by atoms with van der Waals surface area (Å²) in [7, 11) is -3.50. The number of rotatable bonds is 7. The van der Waals surface area contributed by atoms with Crippen molar-refractivity contribution in [2.24, 2.45) is 0 Å². The van der Waals surface area contributed by atoms with Crippen LogP contribution in [-0.2, 0) is 10.0 Å². The van der Waals surface area contributed by atoms with Gasteiger partial charge in [0.1, 0.15) is 10.0 Å². The molecule has 1 aromatic heterocycles. The molecule has 21 heavy (non-hydrogen) atoms. The summed E-state index contributed by atoms with van der Waals surface area (Å²) < 4.78 is 26.5. The van der Waals surface area contributed by atoms with E-state index in [2.05, 4.69) is 9.71 Å². The van der Waals surface area contributed by atoms with Crippen molar-refractivity contribution in [3.63, 3.8) is 0 Å². The van der Waals surface area contributed by atoms with Gasteiger partial charge in [-0.15, -0.1) is 11.8 Å². The minimum atomic E-state index is -3.50. The lowest BCUT2D eigenvalue weighted by molar-refractivity contribution is 0.580. The monoisotopic (exact) mass is 342 g/mol. The quantitative estimate of drug-likeness (QED) is 0.477. The smallest absolute Gasteiger partial charge is 0.242 e. The third kappa shape index (κ3) is 5.32. The molecule has 0 aliphatic carbocycles. The van der Waals surface area contributed by atoms with Crippen LogP contribution in [0.5, 0.6) is 0 Å². The second-order valence-electron chi connectivity index (χ2n) is 4.23. The minimum Gasteiger partial charge on any atom is -0.243 e. The molecule has 0 radical (unpaired) electrons. The zero-order valence-corrected chi connectivity index (χ0v) is 13.6. The second kappa shape index (κ2) is 7.79. The Balaban J connectivity index is 1.76. The van der Waals surface area contributed by atoms with Gasteiger partial charge in [0, 0.05) is 17.6 Å². The van der Waals surface area contributed by atoms with Crippen LogP contribution >= 0.6 is 23.4 Å². The van der Waals surface area contributed by atoms with Crippen molar-refractivity contribution in [2.45, 2.75) is 16.2 Å². The Morgan fingerprint density at radius 3 is 2.57 bits per heavy atom. The highest BCUT2D eigenvalue weighted by molar-refractivity contribution is 7.99. The second-order valence-corrected chi connectivity index (χ2v) is 7.55. The number of aromatic nitrogens is 1. The summed E-state index contributed by atoms with van der Waals surface area (Å²) in [4.78, 5) is 5.08. The number of thioether (sulfide) groups is 1. The van der Waals surface area contributed by atoms with E-state index in [4.69, 9.17) is 11.6 Å². The first-order valence-electron chi connectivity index (χ1n) is 6.37. The average molecular weight is 343 g/mol. The first-order chi connectivity index (χ1) is 10.1. The Morgan fingerprint density at radius 1 is 1.14 bits per heavy atom. The molecule has 4 nitrogen and oxygen atoms in total. The van der Waals surface area contributed by atoms with Crippen LogP contribution in [0, 0.1) is 0 Å². The van der Waals surface area contributed by atoms with Crippen molar-refractivity contribution < 1.29 is 8.42 Å². The van der Waals surface area contributed by atoms with Gasteiger partial charge >= 0.3 is 0 Å². The predicted molar refractivity (Wildman–Crippen MR) is 86.2 cm³/mol. The SMILES string of the molecule is O=S(=O)(NCCCSc1ccccc1)c1ccc(Cl)nc1. The number of nitrogens with zero attached hydrogens (tertiary/aromatic N) is 1. The maximum atomic E-state index is 12.0. The van der Waals surface area contributed by atoms with E-state index in [1.165, 1.54) is 23.2 Å². The lowest BCUT2D eigenvalue weighted by Gasteiger charge is -2.06.